The molecule has 2 nitrogen and oxygen atoms in total. The highest BCUT2D eigenvalue weighted by Gasteiger charge is 2.16. The SMILES string of the molecule is C[C@H](c1ccco1)c1coc2ccccc12. The van der Waals surface area contributed by atoms with E-state index in [0.717, 1.165) is 16.7 Å². The molecule has 3 aromatic rings. The summed E-state index contributed by atoms with van der Waals surface area (Å²) in [6.07, 6.45) is 3.52. The summed E-state index contributed by atoms with van der Waals surface area (Å²) in [5, 5.41) is 1.16. The summed E-state index contributed by atoms with van der Waals surface area (Å²) in [6, 6.07) is 12.0. The van der Waals surface area contributed by atoms with Gasteiger partial charge >= 0.3 is 0 Å². The standard InChI is InChI=1S/C14H12O2/c1-10(13-7-4-8-15-13)12-9-16-14-6-3-2-5-11(12)14/h2-10H,1H3/t10-/m0/s1. The Labute approximate surface area is 93.5 Å². The minimum absolute atomic E-state index is 0.221. The predicted octanol–water partition coefficient (Wildman–Crippen LogP) is 4.18. The molecule has 1 atom stereocenters. The van der Waals surface area contributed by atoms with Crippen molar-refractivity contribution in [2.24, 2.45) is 0 Å². The van der Waals surface area contributed by atoms with Crippen molar-refractivity contribution in [2.45, 2.75) is 12.8 Å². The van der Waals surface area contributed by atoms with Gasteiger partial charge in [0.1, 0.15) is 11.3 Å². The minimum Gasteiger partial charge on any atom is -0.469 e. The Bertz CT molecular complexity index is 590. The molecule has 1 aromatic carbocycles. The van der Waals surface area contributed by atoms with Crippen LogP contribution in [0.2, 0.25) is 0 Å². The Morgan fingerprint density at radius 3 is 2.69 bits per heavy atom. The van der Waals surface area contributed by atoms with Gasteiger partial charge < -0.3 is 8.83 Å². The molecule has 0 N–H and O–H groups in total. The highest BCUT2D eigenvalue weighted by molar-refractivity contribution is 5.81. The molecule has 0 saturated heterocycles. The van der Waals surface area contributed by atoms with Gasteiger partial charge in [-0.2, -0.15) is 0 Å². The summed E-state index contributed by atoms with van der Waals surface area (Å²) in [6.45, 7) is 2.12. The lowest BCUT2D eigenvalue weighted by Gasteiger charge is -2.05. The molecule has 0 saturated carbocycles. The fourth-order valence-electron chi connectivity index (χ4n) is 2.02. The molecule has 0 fully saturated rings. The van der Waals surface area contributed by atoms with Crippen molar-refractivity contribution in [3.63, 3.8) is 0 Å². The lowest BCUT2D eigenvalue weighted by atomic mass is 9.98. The van der Waals surface area contributed by atoms with Crippen LogP contribution in [0.3, 0.4) is 0 Å². The van der Waals surface area contributed by atoms with Gasteiger partial charge in [-0.1, -0.05) is 25.1 Å². The Balaban J connectivity index is 2.12. The van der Waals surface area contributed by atoms with E-state index in [2.05, 4.69) is 13.0 Å². The zero-order valence-electron chi connectivity index (χ0n) is 9.01. The van der Waals surface area contributed by atoms with E-state index in [4.69, 9.17) is 8.83 Å². The topological polar surface area (TPSA) is 26.3 Å². The largest absolute Gasteiger partial charge is 0.469 e. The smallest absolute Gasteiger partial charge is 0.134 e. The van der Waals surface area contributed by atoms with Crippen LogP contribution >= 0.6 is 0 Å². The van der Waals surface area contributed by atoms with Crippen LogP contribution < -0.4 is 0 Å². The fourth-order valence-corrected chi connectivity index (χ4v) is 2.02. The number of hydrogen-bond donors (Lipinski definition) is 0. The second-order valence-electron chi connectivity index (χ2n) is 3.92. The van der Waals surface area contributed by atoms with Crippen LogP contribution in [0.4, 0.5) is 0 Å². The van der Waals surface area contributed by atoms with Crippen LogP contribution in [0.1, 0.15) is 24.2 Å². The highest BCUT2D eigenvalue weighted by Crippen LogP contribution is 2.31. The molecule has 0 bridgehead atoms. The van der Waals surface area contributed by atoms with Gasteiger partial charge in [0.2, 0.25) is 0 Å². The van der Waals surface area contributed by atoms with E-state index in [0.29, 0.717) is 0 Å². The van der Waals surface area contributed by atoms with Gasteiger partial charge in [0.25, 0.3) is 0 Å². The number of fused-ring (bicyclic) bond motifs is 1. The first-order valence-corrected chi connectivity index (χ1v) is 5.36. The second kappa shape index (κ2) is 3.56. The third kappa shape index (κ3) is 1.34. The van der Waals surface area contributed by atoms with Gasteiger partial charge in [-0.25, -0.2) is 0 Å². The molecule has 3 rings (SSSR count). The normalized spacial score (nSPS) is 13.1. The lowest BCUT2D eigenvalue weighted by Crippen LogP contribution is -1.92. The highest BCUT2D eigenvalue weighted by atomic mass is 16.3. The molecule has 0 radical (unpaired) electrons. The Kier molecular flexibility index (Phi) is 2.07. The molecule has 0 aliphatic heterocycles. The summed E-state index contributed by atoms with van der Waals surface area (Å²) in [4.78, 5) is 0. The first-order chi connectivity index (χ1) is 7.86. The van der Waals surface area contributed by atoms with Crippen molar-refractivity contribution in [3.05, 3.63) is 60.2 Å². The van der Waals surface area contributed by atoms with Crippen LogP contribution in [-0.2, 0) is 0 Å². The Hall–Kier alpha value is -1.96. The van der Waals surface area contributed by atoms with Crippen molar-refractivity contribution in [1.29, 1.82) is 0 Å². The predicted molar refractivity (Wildman–Crippen MR) is 62.4 cm³/mol. The van der Waals surface area contributed by atoms with Gasteiger partial charge in [-0.05, 0) is 18.2 Å². The average molecular weight is 212 g/mol. The first-order valence-electron chi connectivity index (χ1n) is 5.36. The molecule has 16 heavy (non-hydrogen) atoms. The summed E-state index contributed by atoms with van der Waals surface area (Å²) in [7, 11) is 0. The maximum absolute atomic E-state index is 5.53. The average Bonchev–Trinajstić information content (AvgIpc) is 2.98. The number of furan rings is 2. The second-order valence-corrected chi connectivity index (χ2v) is 3.92. The quantitative estimate of drug-likeness (QED) is 0.637. The fraction of sp³-hybridized carbons (Fsp3) is 0.143. The van der Waals surface area contributed by atoms with Crippen LogP contribution in [0, 0.1) is 0 Å². The first kappa shape index (κ1) is 9.28. The van der Waals surface area contributed by atoms with Crippen molar-refractivity contribution in [2.75, 3.05) is 0 Å². The van der Waals surface area contributed by atoms with E-state index in [-0.39, 0.29) is 5.92 Å². The van der Waals surface area contributed by atoms with Crippen molar-refractivity contribution < 1.29 is 8.83 Å². The molecule has 0 aliphatic rings. The zero-order valence-corrected chi connectivity index (χ0v) is 9.01. The Morgan fingerprint density at radius 1 is 1.00 bits per heavy atom. The van der Waals surface area contributed by atoms with Gasteiger partial charge in [0.15, 0.2) is 0 Å². The van der Waals surface area contributed by atoms with E-state index in [1.54, 1.807) is 6.26 Å². The van der Waals surface area contributed by atoms with E-state index in [1.807, 2.05) is 36.6 Å². The molecular formula is C14H12O2. The van der Waals surface area contributed by atoms with E-state index in [1.165, 1.54) is 5.56 Å². The summed E-state index contributed by atoms with van der Waals surface area (Å²) >= 11 is 0. The van der Waals surface area contributed by atoms with Crippen molar-refractivity contribution in [1.82, 2.24) is 0 Å². The van der Waals surface area contributed by atoms with Crippen LogP contribution in [0.15, 0.2) is 57.8 Å². The number of hydrogen-bond acceptors (Lipinski definition) is 2. The molecule has 2 heterocycles. The van der Waals surface area contributed by atoms with Crippen LogP contribution in [-0.4, -0.2) is 0 Å². The third-order valence-electron chi connectivity index (χ3n) is 2.95. The van der Waals surface area contributed by atoms with Gasteiger partial charge in [-0.3, -0.25) is 0 Å². The molecule has 80 valence electrons. The molecule has 0 amide bonds. The maximum atomic E-state index is 5.53. The zero-order chi connectivity index (χ0) is 11.0. The third-order valence-corrected chi connectivity index (χ3v) is 2.95. The molecule has 0 unspecified atom stereocenters. The van der Waals surface area contributed by atoms with Gasteiger partial charge in [0, 0.05) is 16.9 Å². The van der Waals surface area contributed by atoms with E-state index in [9.17, 15) is 0 Å². The Morgan fingerprint density at radius 2 is 1.88 bits per heavy atom. The van der Waals surface area contributed by atoms with Crippen LogP contribution in [0.5, 0.6) is 0 Å². The molecule has 2 heteroatoms. The summed E-state index contributed by atoms with van der Waals surface area (Å²) in [5.41, 5.74) is 2.10. The molecule has 0 spiro atoms. The monoisotopic (exact) mass is 212 g/mol. The van der Waals surface area contributed by atoms with Crippen molar-refractivity contribution >= 4 is 11.0 Å². The summed E-state index contributed by atoms with van der Waals surface area (Å²) < 4.78 is 11.0. The number of rotatable bonds is 2. The maximum Gasteiger partial charge on any atom is 0.134 e. The van der Waals surface area contributed by atoms with Crippen LogP contribution in [0.25, 0.3) is 11.0 Å². The lowest BCUT2D eigenvalue weighted by molar-refractivity contribution is 0.494. The molecule has 2 aromatic heterocycles. The van der Waals surface area contributed by atoms with Gasteiger partial charge in [0.05, 0.1) is 12.5 Å². The number of benzene rings is 1. The molecular weight excluding hydrogens is 200 g/mol. The van der Waals surface area contributed by atoms with E-state index >= 15 is 0 Å². The van der Waals surface area contributed by atoms with E-state index < -0.39 is 0 Å². The summed E-state index contributed by atoms with van der Waals surface area (Å²) in [5.74, 6) is 1.19. The molecule has 0 aliphatic carbocycles. The van der Waals surface area contributed by atoms with Gasteiger partial charge in [-0.15, -0.1) is 0 Å². The van der Waals surface area contributed by atoms with Crippen molar-refractivity contribution in [3.8, 4) is 0 Å². The number of para-hydroxylation sites is 1. The minimum atomic E-state index is 0.221.